The molecule has 2 aliphatic rings. The zero-order valence-electron chi connectivity index (χ0n) is 17.4. The largest absolute Gasteiger partial charge is 0.481 e. The predicted molar refractivity (Wildman–Crippen MR) is 118 cm³/mol. The van der Waals surface area contributed by atoms with Crippen LogP contribution in [-0.2, 0) is 22.3 Å². The molecule has 0 saturated heterocycles. The first-order valence-electron chi connectivity index (χ1n) is 10.6. The Morgan fingerprint density at radius 3 is 1.45 bits per heavy atom. The number of ether oxygens (including phenoxy) is 2. The average Bonchev–Trinajstić information content (AvgIpc) is 3.42. The summed E-state index contributed by atoms with van der Waals surface area (Å²) in [6.45, 7) is 5.70. The SMILES string of the molecule is CCC(CC)([C@@]1(Cc2ccccc2)COC=N1)[C@@]1(Cc2ccccc2)COC=N1. The van der Waals surface area contributed by atoms with Crippen LogP contribution in [0.3, 0.4) is 0 Å². The Hall–Kier alpha value is -2.62. The van der Waals surface area contributed by atoms with Crippen molar-refractivity contribution in [2.75, 3.05) is 13.2 Å². The van der Waals surface area contributed by atoms with Crippen molar-refractivity contribution in [1.29, 1.82) is 0 Å². The van der Waals surface area contributed by atoms with Gasteiger partial charge in [0.15, 0.2) is 12.8 Å². The molecule has 0 unspecified atom stereocenters. The van der Waals surface area contributed by atoms with Crippen LogP contribution in [0.5, 0.6) is 0 Å². The molecule has 0 aliphatic carbocycles. The van der Waals surface area contributed by atoms with E-state index in [0.29, 0.717) is 13.2 Å². The molecule has 29 heavy (non-hydrogen) atoms. The zero-order chi connectivity index (χ0) is 20.2. The van der Waals surface area contributed by atoms with Gasteiger partial charge in [0, 0.05) is 18.3 Å². The standard InChI is InChI=1S/C25H30N2O2/c1-3-23(4-2,24(17-28-19-26-24)15-21-11-7-5-8-12-21)25(18-29-20-27-25)16-22-13-9-6-10-14-22/h5-14,19-20H,3-4,15-18H2,1-2H3/t24-,25-/m1/s1. The first-order valence-corrected chi connectivity index (χ1v) is 10.6. The van der Waals surface area contributed by atoms with E-state index in [4.69, 9.17) is 19.5 Å². The van der Waals surface area contributed by atoms with Crippen LogP contribution in [0.4, 0.5) is 0 Å². The van der Waals surface area contributed by atoms with Gasteiger partial charge in [-0.1, -0.05) is 74.5 Å². The van der Waals surface area contributed by atoms with Crippen molar-refractivity contribution < 1.29 is 9.47 Å². The van der Waals surface area contributed by atoms with Gasteiger partial charge < -0.3 is 9.47 Å². The van der Waals surface area contributed by atoms with Crippen LogP contribution < -0.4 is 0 Å². The molecular formula is C25H30N2O2. The summed E-state index contributed by atoms with van der Waals surface area (Å²) in [7, 11) is 0. The zero-order valence-corrected chi connectivity index (χ0v) is 17.4. The third-order valence-electron chi connectivity index (χ3n) is 7.06. The van der Waals surface area contributed by atoms with Gasteiger partial charge in [-0.15, -0.1) is 0 Å². The minimum absolute atomic E-state index is 0.203. The molecule has 4 heteroatoms. The Labute approximate surface area is 173 Å². The van der Waals surface area contributed by atoms with Crippen molar-refractivity contribution in [2.45, 2.75) is 50.6 Å². The highest BCUT2D eigenvalue weighted by Crippen LogP contribution is 2.55. The van der Waals surface area contributed by atoms with Gasteiger partial charge in [0.2, 0.25) is 0 Å². The second-order valence-corrected chi connectivity index (χ2v) is 8.27. The molecule has 0 aromatic heterocycles. The molecule has 2 aliphatic heterocycles. The molecule has 0 radical (unpaired) electrons. The Bertz CT molecular complexity index is 791. The first kappa shape index (κ1) is 19.7. The summed E-state index contributed by atoms with van der Waals surface area (Å²) in [5.41, 5.74) is 1.60. The maximum atomic E-state index is 5.81. The van der Waals surface area contributed by atoms with Gasteiger partial charge in [-0.25, -0.2) is 9.98 Å². The van der Waals surface area contributed by atoms with Gasteiger partial charge in [0.1, 0.15) is 24.3 Å². The van der Waals surface area contributed by atoms with E-state index < -0.39 is 0 Å². The summed E-state index contributed by atoms with van der Waals surface area (Å²) >= 11 is 0. The molecule has 2 heterocycles. The van der Waals surface area contributed by atoms with Crippen LogP contribution in [0, 0.1) is 5.41 Å². The highest BCUT2D eigenvalue weighted by Gasteiger charge is 2.63. The molecule has 2 aromatic carbocycles. The predicted octanol–water partition coefficient (Wildman–Crippen LogP) is 4.87. The van der Waals surface area contributed by atoms with E-state index in [1.54, 1.807) is 12.8 Å². The lowest BCUT2D eigenvalue weighted by molar-refractivity contribution is -0.0136. The maximum absolute atomic E-state index is 5.81. The molecule has 2 aromatic rings. The topological polar surface area (TPSA) is 43.2 Å². The molecule has 2 atom stereocenters. The summed E-state index contributed by atoms with van der Waals surface area (Å²) in [5.74, 6) is 0. The molecule has 4 rings (SSSR count). The van der Waals surface area contributed by atoms with Gasteiger partial charge >= 0.3 is 0 Å². The van der Waals surface area contributed by atoms with Crippen LogP contribution in [-0.4, -0.2) is 37.1 Å². The van der Waals surface area contributed by atoms with Crippen molar-refractivity contribution in [3.8, 4) is 0 Å². The number of rotatable bonds is 8. The fraction of sp³-hybridized carbons (Fsp3) is 0.440. The minimum Gasteiger partial charge on any atom is -0.481 e. The second-order valence-electron chi connectivity index (χ2n) is 8.27. The van der Waals surface area contributed by atoms with Crippen LogP contribution in [0.15, 0.2) is 70.6 Å². The van der Waals surface area contributed by atoms with Crippen molar-refractivity contribution in [3.05, 3.63) is 71.8 Å². The van der Waals surface area contributed by atoms with E-state index in [0.717, 1.165) is 25.7 Å². The van der Waals surface area contributed by atoms with Crippen molar-refractivity contribution in [3.63, 3.8) is 0 Å². The summed E-state index contributed by atoms with van der Waals surface area (Å²) in [6.07, 6.45) is 6.86. The van der Waals surface area contributed by atoms with Crippen LogP contribution in [0.25, 0.3) is 0 Å². The normalized spacial score (nSPS) is 25.7. The number of hydrogen-bond acceptors (Lipinski definition) is 4. The molecule has 0 bridgehead atoms. The second kappa shape index (κ2) is 8.02. The lowest BCUT2D eigenvalue weighted by Crippen LogP contribution is -2.63. The summed E-state index contributed by atoms with van der Waals surface area (Å²) in [4.78, 5) is 10.1. The Morgan fingerprint density at radius 2 is 1.14 bits per heavy atom. The van der Waals surface area contributed by atoms with Crippen LogP contribution >= 0.6 is 0 Å². The van der Waals surface area contributed by atoms with Crippen LogP contribution in [0.1, 0.15) is 37.8 Å². The van der Waals surface area contributed by atoms with E-state index in [2.05, 4.69) is 74.5 Å². The molecule has 152 valence electrons. The number of benzene rings is 2. The highest BCUT2D eigenvalue weighted by molar-refractivity contribution is 5.55. The van der Waals surface area contributed by atoms with E-state index in [9.17, 15) is 0 Å². The molecule has 0 spiro atoms. The molecule has 0 saturated carbocycles. The molecule has 4 nitrogen and oxygen atoms in total. The van der Waals surface area contributed by atoms with E-state index in [1.807, 2.05) is 0 Å². The van der Waals surface area contributed by atoms with E-state index in [-0.39, 0.29) is 16.5 Å². The third kappa shape index (κ3) is 3.25. The van der Waals surface area contributed by atoms with Crippen molar-refractivity contribution in [1.82, 2.24) is 0 Å². The Morgan fingerprint density at radius 1 is 0.724 bits per heavy atom. The average molecular weight is 391 g/mol. The third-order valence-corrected chi connectivity index (χ3v) is 7.06. The number of aliphatic imine (C=N–C) groups is 2. The maximum Gasteiger partial charge on any atom is 0.170 e. The summed E-state index contributed by atoms with van der Waals surface area (Å²) < 4.78 is 11.6. The summed E-state index contributed by atoms with van der Waals surface area (Å²) in [5, 5.41) is 0. The Balaban J connectivity index is 1.82. The smallest absolute Gasteiger partial charge is 0.170 e. The van der Waals surface area contributed by atoms with Crippen LogP contribution in [0.2, 0.25) is 0 Å². The van der Waals surface area contributed by atoms with Crippen molar-refractivity contribution in [2.24, 2.45) is 15.4 Å². The van der Waals surface area contributed by atoms with Gasteiger partial charge in [0.25, 0.3) is 0 Å². The molecular weight excluding hydrogens is 360 g/mol. The van der Waals surface area contributed by atoms with Gasteiger partial charge in [-0.2, -0.15) is 0 Å². The lowest BCUT2D eigenvalue weighted by atomic mass is 9.53. The Kier molecular flexibility index (Phi) is 5.44. The number of nitrogens with zero attached hydrogens (tertiary/aromatic N) is 2. The van der Waals surface area contributed by atoms with Gasteiger partial charge in [-0.3, -0.25) is 0 Å². The van der Waals surface area contributed by atoms with Gasteiger partial charge in [0.05, 0.1) is 0 Å². The molecule has 0 amide bonds. The van der Waals surface area contributed by atoms with E-state index >= 15 is 0 Å². The lowest BCUT2D eigenvalue weighted by Gasteiger charge is -2.54. The monoisotopic (exact) mass is 390 g/mol. The van der Waals surface area contributed by atoms with E-state index in [1.165, 1.54) is 11.1 Å². The quantitative estimate of drug-likeness (QED) is 0.645. The molecule has 0 N–H and O–H groups in total. The van der Waals surface area contributed by atoms with Crippen molar-refractivity contribution >= 4 is 12.8 Å². The minimum atomic E-state index is -0.377. The highest BCUT2D eigenvalue weighted by atomic mass is 16.5. The first-order chi connectivity index (χ1) is 14.2. The molecule has 0 fully saturated rings. The summed E-state index contributed by atoms with van der Waals surface area (Å²) in [6, 6.07) is 21.2. The number of hydrogen-bond donors (Lipinski definition) is 0. The fourth-order valence-corrected chi connectivity index (χ4v) is 5.62. The van der Waals surface area contributed by atoms with Gasteiger partial charge in [-0.05, 0) is 24.0 Å². The fourth-order valence-electron chi connectivity index (χ4n) is 5.62.